The number of anilines is 2. The number of amides is 1. The maximum absolute atomic E-state index is 11.1. The maximum atomic E-state index is 11.1. The second kappa shape index (κ2) is 6.19. The summed E-state index contributed by atoms with van der Waals surface area (Å²) in [4.78, 5) is 19.8. The molecule has 7 heteroatoms. The summed E-state index contributed by atoms with van der Waals surface area (Å²) in [5.41, 5.74) is 2.86. The molecular weight excluding hydrogens is 306 g/mol. The van der Waals surface area contributed by atoms with Gasteiger partial charge in [0.2, 0.25) is 11.9 Å². The number of carbonyl (C=O) groups is 1. The minimum Gasteiger partial charge on any atom is -0.457 e. The molecule has 0 atom stereocenters. The number of rotatable bonds is 4. The molecule has 3 aromatic rings. The molecule has 124 valence electrons. The highest BCUT2D eigenvalue weighted by molar-refractivity contribution is 5.87. The molecule has 24 heavy (non-hydrogen) atoms. The van der Waals surface area contributed by atoms with E-state index in [4.69, 9.17) is 4.74 Å². The van der Waals surface area contributed by atoms with E-state index < -0.39 is 0 Å². The zero-order valence-electron chi connectivity index (χ0n) is 14.0. The van der Waals surface area contributed by atoms with Gasteiger partial charge >= 0.3 is 0 Å². The fourth-order valence-corrected chi connectivity index (χ4v) is 2.56. The molecule has 0 aliphatic heterocycles. The van der Waals surface area contributed by atoms with Gasteiger partial charge in [0.1, 0.15) is 17.3 Å². The zero-order chi connectivity index (χ0) is 17.3. The Labute approximate surface area is 139 Å². The lowest BCUT2D eigenvalue weighted by molar-refractivity contribution is -0.114. The summed E-state index contributed by atoms with van der Waals surface area (Å²) in [6.07, 6.45) is 1.59. The highest BCUT2D eigenvalue weighted by Gasteiger charge is 2.13. The molecule has 3 rings (SSSR count). The minimum atomic E-state index is -0.176. The lowest BCUT2D eigenvalue weighted by Gasteiger charge is -2.10. The van der Waals surface area contributed by atoms with Crippen LogP contribution in [-0.2, 0) is 11.8 Å². The van der Waals surface area contributed by atoms with Gasteiger partial charge in [-0.3, -0.25) is 4.79 Å². The monoisotopic (exact) mass is 325 g/mol. The number of imidazole rings is 1. The molecule has 0 spiro atoms. The predicted molar refractivity (Wildman–Crippen MR) is 93.6 cm³/mol. The quantitative estimate of drug-likeness (QED) is 0.770. The SMILES string of the molecule is CNc1nc2c(C)c(Oc3ccnc(NC(C)=O)c3)ccc2n1C. The Morgan fingerprint density at radius 2 is 2.08 bits per heavy atom. The van der Waals surface area contributed by atoms with Crippen molar-refractivity contribution in [2.75, 3.05) is 17.7 Å². The Balaban J connectivity index is 1.96. The number of hydrogen-bond acceptors (Lipinski definition) is 5. The standard InChI is InChI=1S/C17H19N5O2/c1-10-14(6-5-13-16(10)21-17(18-3)22(13)4)24-12-7-8-19-15(9-12)20-11(2)23/h5-9H,1-4H3,(H,18,21)(H,19,20,23). The van der Waals surface area contributed by atoms with Crippen LogP contribution in [0.3, 0.4) is 0 Å². The summed E-state index contributed by atoms with van der Waals surface area (Å²) in [5, 5.41) is 5.71. The van der Waals surface area contributed by atoms with Crippen molar-refractivity contribution in [2.45, 2.75) is 13.8 Å². The molecule has 2 aromatic heterocycles. The number of pyridine rings is 1. The van der Waals surface area contributed by atoms with E-state index in [1.807, 2.05) is 37.7 Å². The fraction of sp³-hybridized carbons (Fsp3) is 0.235. The first-order chi connectivity index (χ1) is 11.5. The first-order valence-electron chi connectivity index (χ1n) is 7.55. The molecule has 2 N–H and O–H groups in total. The molecular formula is C17H19N5O2. The van der Waals surface area contributed by atoms with E-state index in [9.17, 15) is 4.79 Å². The van der Waals surface area contributed by atoms with Crippen LogP contribution in [0.2, 0.25) is 0 Å². The molecule has 0 saturated carbocycles. The van der Waals surface area contributed by atoms with Crippen molar-refractivity contribution in [1.29, 1.82) is 0 Å². The Hall–Kier alpha value is -3.09. The smallest absolute Gasteiger partial charge is 0.222 e. The number of aromatic nitrogens is 3. The van der Waals surface area contributed by atoms with Crippen LogP contribution in [0.4, 0.5) is 11.8 Å². The van der Waals surface area contributed by atoms with Crippen molar-refractivity contribution in [3.8, 4) is 11.5 Å². The Kier molecular flexibility index (Phi) is 4.07. The summed E-state index contributed by atoms with van der Waals surface area (Å²) in [7, 11) is 3.80. The van der Waals surface area contributed by atoms with E-state index in [0.29, 0.717) is 17.3 Å². The van der Waals surface area contributed by atoms with Gasteiger partial charge in [-0.05, 0) is 25.1 Å². The highest BCUT2D eigenvalue weighted by atomic mass is 16.5. The van der Waals surface area contributed by atoms with Crippen molar-refractivity contribution in [3.63, 3.8) is 0 Å². The number of ether oxygens (including phenoxy) is 1. The van der Waals surface area contributed by atoms with Gasteiger partial charge in [-0.25, -0.2) is 9.97 Å². The van der Waals surface area contributed by atoms with E-state index in [0.717, 1.165) is 22.5 Å². The number of aryl methyl sites for hydroxylation is 2. The number of benzene rings is 1. The van der Waals surface area contributed by atoms with Gasteiger partial charge in [0.15, 0.2) is 0 Å². The van der Waals surface area contributed by atoms with Crippen LogP contribution in [0.15, 0.2) is 30.5 Å². The molecule has 0 aliphatic rings. The van der Waals surface area contributed by atoms with Crippen LogP contribution >= 0.6 is 0 Å². The molecule has 0 unspecified atom stereocenters. The van der Waals surface area contributed by atoms with Crippen LogP contribution < -0.4 is 15.4 Å². The average Bonchev–Trinajstić information content (AvgIpc) is 2.87. The lowest BCUT2D eigenvalue weighted by atomic mass is 10.2. The molecule has 1 amide bonds. The van der Waals surface area contributed by atoms with Crippen LogP contribution in [0.1, 0.15) is 12.5 Å². The van der Waals surface area contributed by atoms with Crippen molar-refractivity contribution in [3.05, 3.63) is 36.0 Å². The van der Waals surface area contributed by atoms with Gasteiger partial charge < -0.3 is 19.9 Å². The van der Waals surface area contributed by atoms with Crippen molar-refractivity contribution in [2.24, 2.45) is 7.05 Å². The third-order valence-electron chi connectivity index (χ3n) is 3.74. The number of nitrogens with zero attached hydrogens (tertiary/aromatic N) is 3. The van der Waals surface area contributed by atoms with Gasteiger partial charge in [0.05, 0.1) is 11.0 Å². The molecule has 0 aliphatic carbocycles. The minimum absolute atomic E-state index is 0.176. The van der Waals surface area contributed by atoms with Gasteiger partial charge in [-0.1, -0.05) is 0 Å². The van der Waals surface area contributed by atoms with Gasteiger partial charge in [0.25, 0.3) is 0 Å². The number of fused-ring (bicyclic) bond motifs is 1. The maximum Gasteiger partial charge on any atom is 0.222 e. The molecule has 7 nitrogen and oxygen atoms in total. The Morgan fingerprint density at radius 3 is 2.79 bits per heavy atom. The van der Waals surface area contributed by atoms with Gasteiger partial charge in [-0.15, -0.1) is 0 Å². The second-order valence-electron chi connectivity index (χ2n) is 5.46. The summed E-state index contributed by atoms with van der Waals surface area (Å²) in [6.45, 7) is 3.41. The van der Waals surface area contributed by atoms with E-state index in [1.165, 1.54) is 6.92 Å². The second-order valence-corrected chi connectivity index (χ2v) is 5.46. The van der Waals surface area contributed by atoms with E-state index in [2.05, 4.69) is 20.6 Å². The zero-order valence-corrected chi connectivity index (χ0v) is 14.0. The van der Waals surface area contributed by atoms with Crippen molar-refractivity contribution in [1.82, 2.24) is 14.5 Å². The first kappa shape index (κ1) is 15.8. The number of hydrogen-bond donors (Lipinski definition) is 2. The van der Waals surface area contributed by atoms with Crippen molar-refractivity contribution < 1.29 is 9.53 Å². The van der Waals surface area contributed by atoms with Crippen LogP contribution in [0.25, 0.3) is 11.0 Å². The summed E-state index contributed by atoms with van der Waals surface area (Å²) < 4.78 is 7.95. The third kappa shape index (κ3) is 2.88. The molecule has 0 radical (unpaired) electrons. The van der Waals surface area contributed by atoms with Crippen LogP contribution in [0.5, 0.6) is 11.5 Å². The van der Waals surface area contributed by atoms with Crippen LogP contribution in [-0.4, -0.2) is 27.5 Å². The topological polar surface area (TPSA) is 81.1 Å². The van der Waals surface area contributed by atoms with E-state index >= 15 is 0 Å². The van der Waals surface area contributed by atoms with E-state index in [-0.39, 0.29) is 5.91 Å². The number of carbonyl (C=O) groups excluding carboxylic acids is 1. The Bertz CT molecular complexity index is 917. The highest BCUT2D eigenvalue weighted by Crippen LogP contribution is 2.32. The fourth-order valence-electron chi connectivity index (χ4n) is 2.56. The van der Waals surface area contributed by atoms with Crippen LogP contribution in [0, 0.1) is 6.92 Å². The predicted octanol–water partition coefficient (Wildman–Crippen LogP) is 3.07. The summed E-state index contributed by atoms with van der Waals surface area (Å²) >= 11 is 0. The average molecular weight is 325 g/mol. The molecule has 0 bridgehead atoms. The van der Waals surface area contributed by atoms with E-state index in [1.54, 1.807) is 18.3 Å². The Morgan fingerprint density at radius 1 is 1.29 bits per heavy atom. The third-order valence-corrected chi connectivity index (χ3v) is 3.74. The molecule has 0 fully saturated rings. The summed E-state index contributed by atoms with van der Waals surface area (Å²) in [6, 6.07) is 7.31. The summed E-state index contributed by atoms with van der Waals surface area (Å²) in [5.74, 6) is 2.38. The van der Waals surface area contributed by atoms with Gasteiger partial charge in [0, 0.05) is 38.8 Å². The lowest BCUT2D eigenvalue weighted by Crippen LogP contribution is -2.07. The van der Waals surface area contributed by atoms with Crippen molar-refractivity contribution >= 4 is 28.7 Å². The molecule has 1 aromatic carbocycles. The first-order valence-corrected chi connectivity index (χ1v) is 7.55. The number of nitrogens with one attached hydrogen (secondary N) is 2. The molecule has 2 heterocycles. The molecule has 0 saturated heterocycles. The van der Waals surface area contributed by atoms with Gasteiger partial charge in [-0.2, -0.15) is 0 Å². The largest absolute Gasteiger partial charge is 0.457 e. The normalized spacial score (nSPS) is 10.7.